The van der Waals surface area contributed by atoms with Gasteiger partial charge in [0.15, 0.2) is 0 Å². The van der Waals surface area contributed by atoms with Gasteiger partial charge in [0.2, 0.25) is 0 Å². The van der Waals surface area contributed by atoms with Crippen LogP contribution in [0.15, 0.2) is 60.7 Å². The van der Waals surface area contributed by atoms with E-state index in [1.807, 2.05) is 0 Å². The Bertz CT molecular complexity index is 575. The van der Waals surface area contributed by atoms with Gasteiger partial charge in [-0.3, -0.25) is 9.13 Å². The SMILES string of the molecule is O=P([O-])(F)F.O=P([O-])(F)F.c1ccc([Si+2]c2ccccc2)cc1. The lowest BCUT2D eigenvalue weighted by molar-refractivity contribution is -0.200. The molecule has 2 aromatic rings. The van der Waals surface area contributed by atoms with E-state index in [4.69, 9.17) is 18.9 Å². The Morgan fingerprint density at radius 2 is 0.870 bits per heavy atom. The molecule has 0 aromatic heterocycles. The standard InChI is InChI=1S/C12H10Si.2F2HO2P/c1-3-7-11(8-4-1)13-12-9-5-2-6-10-12;2*1-5(2,3)4/h1-10H;2*(H,3,4)/q+2;;/p-2. The smallest absolute Gasteiger partial charge is 0.749 e. The summed E-state index contributed by atoms with van der Waals surface area (Å²) in [6.45, 7) is 0. The maximum Gasteiger partial charge on any atom is 1.01 e. The topological polar surface area (TPSA) is 80.3 Å². The molecule has 0 unspecified atom stereocenters. The fourth-order valence-corrected chi connectivity index (χ4v) is 2.26. The molecule has 0 N–H and O–H groups in total. The van der Waals surface area contributed by atoms with Crippen LogP contribution in [0.4, 0.5) is 16.8 Å². The van der Waals surface area contributed by atoms with Gasteiger partial charge < -0.3 is 9.79 Å². The molecule has 0 aliphatic rings. The van der Waals surface area contributed by atoms with Gasteiger partial charge in [0, 0.05) is 24.3 Å². The summed E-state index contributed by atoms with van der Waals surface area (Å²) in [6, 6.07) is 21.2. The van der Waals surface area contributed by atoms with Crippen LogP contribution in [-0.2, 0) is 9.13 Å². The van der Waals surface area contributed by atoms with Crippen LogP contribution in [0, 0.1) is 0 Å². The van der Waals surface area contributed by atoms with Gasteiger partial charge in [-0.1, -0.05) is 36.4 Å². The third-order valence-electron chi connectivity index (χ3n) is 1.84. The minimum absolute atomic E-state index is 0.777. The first-order valence-corrected chi connectivity index (χ1v) is 9.54. The molecule has 23 heavy (non-hydrogen) atoms. The Morgan fingerprint density at radius 1 is 0.652 bits per heavy atom. The molecular formula is C12H10F4O4P2Si. The van der Waals surface area contributed by atoms with Crippen molar-refractivity contribution in [3.8, 4) is 0 Å². The zero-order valence-electron chi connectivity index (χ0n) is 11.3. The van der Waals surface area contributed by atoms with Gasteiger partial charge in [0.05, 0.1) is 0 Å². The molecule has 0 aliphatic carbocycles. The molecular weight excluding hydrogens is 374 g/mol. The summed E-state index contributed by atoms with van der Waals surface area (Å²) in [6.07, 6.45) is 0. The van der Waals surface area contributed by atoms with Crippen molar-refractivity contribution in [2.45, 2.75) is 0 Å². The molecule has 0 heterocycles. The van der Waals surface area contributed by atoms with Gasteiger partial charge in [-0.15, -0.1) is 0 Å². The molecule has 0 spiro atoms. The summed E-state index contributed by atoms with van der Waals surface area (Å²) in [5, 5.41) is 2.79. The summed E-state index contributed by atoms with van der Waals surface area (Å²) in [5.41, 5.74) is 0. The van der Waals surface area contributed by atoms with Crippen molar-refractivity contribution >= 4 is 35.9 Å². The highest BCUT2D eigenvalue weighted by Crippen LogP contribution is 2.37. The predicted molar refractivity (Wildman–Crippen MR) is 77.6 cm³/mol. The molecule has 4 nitrogen and oxygen atoms in total. The summed E-state index contributed by atoms with van der Waals surface area (Å²) in [7, 11) is -11.0. The van der Waals surface area contributed by atoms with E-state index < -0.39 is 16.0 Å². The van der Waals surface area contributed by atoms with Gasteiger partial charge in [0.25, 0.3) is 0 Å². The molecule has 0 radical (unpaired) electrons. The van der Waals surface area contributed by atoms with Crippen molar-refractivity contribution in [2.24, 2.45) is 0 Å². The first-order valence-electron chi connectivity index (χ1n) is 5.73. The Balaban J connectivity index is 0.000000406. The zero-order chi connectivity index (χ0) is 17.9. The molecule has 0 saturated carbocycles. The minimum Gasteiger partial charge on any atom is -0.749 e. The molecule has 0 atom stereocenters. The normalized spacial score (nSPS) is 10.3. The lowest BCUT2D eigenvalue weighted by Crippen LogP contribution is -2.26. The number of hydrogen-bond donors (Lipinski definition) is 0. The van der Waals surface area contributed by atoms with Crippen molar-refractivity contribution in [3.63, 3.8) is 0 Å². The van der Waals surface area contributed by atoms with Crippen LogP contribution in [0.25, 0.3) is 0 Å². The van der Waals surface area contributed by atoms with E-state index in [2.05, 4.69) is 60.7 Å². The summed E-state index contributed by atoms with van der Waals surface area (Å²) >= 11 is 0. The summed E-state index contributed by atoms with van der Waals surface area (Å²) < 4.78 is 56.7. The molecule has 0 fully saturated rings. The molecule has 0 aliphatic heterocycles. The Kier molecular flexibility index (Phi) is 9.95. The number of hydrogen-bond acceptors (Lipinski definition) is 4. The fraction of sp³-hybridized carbons (Fsp3) is 0. The largest absolute Gasteiger partial charge is 1.01 e. The number of benzene rings is 2. The van der Waals surface area contributed by atoms with E-state index in [0.717, 1.165) is 9.52 Å². The molecule has 11 heteroatoms. The maximum absolute atomic E-state index is 10.0. The lowest BCUT2D eigenvalue weighted by atomic mass is 10.4. The summed E-state index contributed by atoms with van der Waals surface area (Å²) in [5.74, 6) is 0. The van der Waals surface area contributed by atoms with E-state index in [-0.39, 0.29) is 0 Å². The first-order chi connectivity index (χ1) is 10.4. The van der Waals surface area contributed by atoms with E-state index in [1.54, 1.807) is 0 Å². The van der Waals surface area contributed by atoms with Gasteiger partial charge in [-0.25, -0.2) is 0 Å². The van der Waals surface area contributed by atoms with Crippen molar-refractivity contribution in [2.75, 3.05) is 0 Å². The molecule has 2 aromatic carbocycles. The van der Waals surface area contributed by atoms with E-state index >= 15 is 0 Å². The van der Waals surface area contributed by atoms with Crippen LogP contribution in [-0.4, -0.2) is 9.52 Å². The lowest BCUT2D eigenvalue weighted by Gasteiger charge is -1.93. The van der Waals surface area contributed by atoms with Crippen LogP contribution >= 0.6 is 16.0 Å². The minimum atomic E-state index is -5.89. The van der Waals surface area contributed by atoms with E-state index in [9.17, 15) is 16.8 Å². The molecule has 0 saturated heterocycles. The Labute approximate surface area is 133 Å². The number of rotatable bonds is 2. The average Bonchev–Trinajstić information content (AvgIpc) is 2.37. The van der Waals surface area contributed by atoms with Crippen molar-refractivity contribution in [1.29, 1.82) is 0 Å². The van der Waals surface area contributed by atoms with E-state index in [0.29, 0.717) is 0 Å². The third-order valence-corrected chi connectivity index (χ3v) is 3.08. The van der Waals surface area contributed by atoms with Crippen molar-refractivity contribution in [3.05, 3.63) is 60.7 Å². The Morgan fingerprint density at radius 3 is 1.09 bits per heavy atom. The van der Waals surface area contributed by atoms with E-state index in [1.165, 1.54) is 10.4 Å². The van der Waals surface area contributed by atoms with Crippen LogP contribution in [0.1, 0.15) is 0 Å². The van der Waals surface area contributed by atoms with Crippen molar-refractivity contribution < 1.29 is 35.7 Å². The quantitative estimate of drug-likeness (QED) is 0.451. The molecule has 0 bridgehead atoms. The van der Waals surface area contributed by atoms with Crippen LogP contribution in [0.3, 0.4) is 0 Å². The molecule has 124 valence electrons. The summed E-state index contributed by atoms with van der Waals surface area (Å²) in [4.78, 5) is 16.7. The predicted octanol–water partition coefficient (Wildman–Crippen LogP) is 2.13. The zero-order valence-corrected chi connectivity index (χ0v) is 14.1. The highest BCUT2D eigenvalue weighted by molar-refractivity contribution is 7.45. The maximum atomic E-state index is 10.0. The second-order valence-corrected chi connectivity index (χ2v) is 6.75. The second kappa shape index (κ2) is 10.5. The van der Waals surface area contributed by atoms with Gasteiger partial charge in [-0.05, 0) is 0 Å². The van der Waals surface area contributed by atoms with Gasteiger partial charge in [-0.2, -0.15) is 16.8 Å². The monoisotopic (exact) mass is 384 g/mol. The Hall–Kier alpha value is -1.24. The van der Waals surface area contributed by atoms with Crippen LogP contribution in [0.5, 0.6) is 0 Å². The van der Waals surface area contributed by atoms with Crippen molar-refractivity contribution in [1.82, 2.24) is 0 Å². The molecule has 2 rings (SSSR count). The van der Waals surface area contributed by atoms with Crippen LogP contribution < -0.4 is 20.2 Å². The highest BCUT2D eigenvalue weighted by Gasteiger charge is 2.41. The molecule has 0 amide bonds. The third kappa shape index (κ3) is 20.8. The second-order valence-electron chi connectivity index (χ2n) is 3.69. The number of halogens is 4. The highest BCUT2D eigenvalue weighted by atomic mass is 31.2. The van der Waals surface area contributed by atoms with Gasteiger partial charge in [0.1, 0.15) is 0 Å². The van der Waals surface area contributed by atoms with Crippen LogP contribution in [0.2, 0.25) is 0 Å². The fourth-order valence-electron chi connectivity index (χ4n) is 1.21. The van der Waals surface area contributed by atoms with Gasteiger partial charge >= 0.3 is 35.9 Å². The first kappa shape index (κ1) is 21.8. The average molecular weight is 384 g/mol.